The Morgan fingerprint density at radius 1 is 1.00 bits per heavy atom. The second-order valence-corrected chi connectivity index (χ2v) is 4.98. The maximum Gasteiger partial charge on any atom is 0.142 e. The van der Waals surface area contributed by atoms with E-state index in [9.17, 15) is 0 Å². The highest BCUT2D eigenvalue weighted by Crippen LogP contribution is 2.36. The molecule has 0 atom stereocenters. The number of para-hydroxylation sites is 1. The van der Waals surface area contributed by atoms with E-state index in [1.165, 1.54) is 0 Å². The number of hydrogen-bond acceptors (Lipinski definition) is 4. The van der Waals surface area contributed by atoms with Gasteiger partial charge in [-0.25, -0.2) is 4.98 Å². The Hall–Kier alpha value is -2.20. The fourth-order valence-corrected chi connectivity index (χ4v) is 2.78. The molecule has 1 aromatic carbocycles. The van der Waals surface area contributed by atoms with E-state index in [1.54, 1.807) is 24.6 Å². The Kier molecular flexibility index (Phi) is 3.25. The van der Waals surface area contributed by atoms with Gasteiger partial charge in [0.2, 0.25) is 0 Å². The molecule has 0 aliphatic rings. The van der Waals surface area contributed by atoms with E-state index in [0.717, 1.165) is 26.9 Å². The van der Waals surface area contributed by atoms with Gasteiger partial charge in [0.1, 0.15) is 10.8 Å². The quantitative estimate of drug-likeness (QED) is 0.723. The lowest BCUT2D eigenvalue weighted by Gasteiger charge is -2.04. The minimum atomic E-state index is 0.860. The normalized spacial score (nSPS) is 10.4. The minimum Gasteiger partial charge on any atom is -0.496 e. The molecule has 0 saturated heterocycles. The van der Waals surface area contributed by atoms with E-state index < -0.39 is 0 Å². The fourth-order valence-electron chi connectivity index (χ4n) is 1.85. The molecule has 4 heteroatoms. The summed E-state index contributed by atoms with van der Waals surface area (Å²) in [4.78, 5) is 9.84. The standard InChI is InChI=1S/C15H12N2OS/c1-18-13-8-3-2-6-11(13)14-10-17-15(19-14)12-7-4-5-9-16-12/h2-10H,1H3. The van der Waals surface area contributed by atoms with Crippen LogP contribution in [0.25, 0.3) is 21.1 Å². The van der Waals surface area contributed by atoms with Gasteiger partial charge < -0.3 is 4.74 Å². The first-order valence-electron chi connectivity index (χ1n) is 5.89. The number of rotatable bonds is 3. The molecule has 94 valence electrons. The van der Waals surface area contributed by atoms with Crippen molar-refractivity contribution in [3.63, 3.8) is 0 Å². The number of nitrogens with zero attached hydrogens (tertiary/aromatic N) is 2. The molecule has 0 amide bonds. The highest BCUT2D eigenvalue weighted by Gasteiger charge is 2.10. The Labute approximate surface area is 115 Å². The first-order chi connectivity index (χ1) is 9.38. The van der Waals surface area contributed by atoms with Crippen LogP contribution < -0.4 is 4.74 Å². The lowest BCUT2D eigenvalue weighted by Crippen LogP contribution is -1.84. The molecule has 0 N–H and O–H groups in total. The van der Waals surface area contributed by atoms with Crippen molar-refractivity contribution in [1.82, 2.24) is 9.97 Å². The van der Waals surface area contributed by atoms with Crippen molar-refractivity contribution in [1.29, 1.82) is 0 Å². The van der Waals surface area contributed by atoms with Gasteiger partial charge in [0.25, 0.3) is 0 Å². The SMILES string of the molecule is COc1ccccc1-c1cnc(-c2ccccn2)s1. The van der Waals surface area contributed by atoms with Gasteiger partial charge in [-0.1, -0.05) is 18.2 Å². The summed E-state index contributed by atoms with van der Waals surface area (Å²) in [6.45, 7) is 0. The molecular weight excluding hydrogens is 256 g/mol. The van der Waals surface area contributed by atoms with Crippen molar-refractivity contribution in [2.45, 2.75) is 0 Å². The van der Waals surface area contributed by atoms with Crippen molar-refractivity contribution in [2.24, 2.45) is 0 Å². The number of aromatic nitrogens is 2. The largest absolute Gasteiger partial charge is 0.496 e. The summed E-state index contributed by atoms with van der Waals surface area (Å²) < 4.78 is 5.38. The summed E-state index contributed by atoms with van der Waals surface area (Å²) in [5.74, 6) is 0.860. The molecule has 0 aliphatic carbocycles. The Bertz CT molecular complexity index is 679. The van der Waals surface area contributed by atoms with Crippen LogP contribution in [0.5, 0.6) is 5.75 Å². The highest BCUT2D eigenvalue weighted by atomic mass is 32.1. The highest BCUT2D eigenvalue weighted by molar-refractivity contribution is 7.18. The van der Waals surface area contributed by atoms with Crippen molar-refractivity contribution in [3.8, 4) is 26.9 Å². The fraction of sp³-hybridized carbons (Fsp3) is 0.0667. The van der Waals surface area contributed by atoms with Crippen LogP contribution in [0.2, 0.25) is 0 Å². The summed E-state index contributed by atoms with van der Waals surface area (Å²) in [7, 11) is 1.68. The Morgan fingerprint density at radius 3 is 2.63 bits per heavy atom. The van der Waals surface area contributed by atoms with E-state index in [2.05, 4.69) is 9.97 Å². The average Bonchev–Trinajstić information content (AvgIpc) is 2.98. The third kappa shape index (κ3) is 2.35. The van der Waals surface area contributed by atoms with Crippen LogP contribution >= 0.6 is 11.3 Å². The predicted octanol–water partition coefficient (Wildman–Crippen LogP) is 3.88. The van der Waals surface area contributed by atoms with Gasteiger partial charge in [0.05, 0.1) is 17.7 Å². The molecule has 0 saturated carbocycles. The molecule has 0 radical (unpaired) electrons. The number of ether oxygens (including phenoxy) is 1. The maximum absolute atomic E-state index is 5.38. The van der Waals surface area contributed by atoms with Gasteiger partial charge in [-0.05, 0) is 24.3 Å². The van der Waals surface area contributed by atoms with E-state index in [1.807, 2.05) is 48.7 Å². The Balaban J connectivity index is 2.02. The van der Waals surface area contributed by atoms with Crippen LogP contribution in [-0.2, 0) is 0 Å². The van der Waals surface area contributed by atoms with E-state index >= 15 is 0 Å². The smallest absolute Gasteiger partial charge is 0.142 e. The van der Waals surface area contributed by atoms with Crippen LogP contribution in [0.3, 0.4) is 0 Å². The van der Waals surface area contributed by atoms with Gasteiger partial charge in [-0.3, -0.25) is 4.98 Å². The van der Waals surface area contributed by atoms with Crippen LogP contribution in [0.1, 0.15) is 0 Å². The molecule has 3 nitrogen and oxygen atoms in total. The zero-order valence-electron chi connectivity index (χ0n) is 10.4. The van der Waals surface area contributed by atoms with Crippen molar-refractivity contribution >= 4 is 11.3 Å². The topological polar surface area (TPSA) is 35.0 Å². The molecule has 0 spiro atoms. The maximum atomic E-state index is 5.38. The van der Waals surface area contributed by atoms with Crippen molar-refractivity contribution in [2.75, 3.05) is 7.11 Å². The van der Waals surface area contributed by atoms with E-state index in [0.29, 0.717) is 0 Å². The van der Waals surface area contributed by atoms with Gasteiger partial charge in [-0.15, -0.1) is 11.3 Å². The third-order valence-corrected chi connectivity index (χ3v) is 3.82. The molecule has 0 unspecified atom stereocenters. The van der Waals surface area contributed by atoms with Crippen molar-refractivity contribution in [3.05, 3.63) is 54.9 Å². The monoisotopic (exact) mass is 268 g/mol. The molecule has 0 fully saturated rings. The van der Waals surface area contributed by atoms with Gasteiger partial charge in [0, 0.05) is 18.0 Å². The van der Waals surface area contributed by atoms with E-state index in [4.69, 9.17) is 4.74 Å². The Morgan fingerprint density at radius 2 is 1.84 bits per heavy atom. The van der Waals surface area contributed by atoms with Crippen LogP contribution in [0.4, 0.5) is 0 Å². The van der Waals surface area contributed by atoms with Crippen LogP contribution in [0, 0.1) is 0 Å². The lowest BCUT2D eigenvalue weighted by molar-refractivity contribution is 0.416. The second kappa shape index (κ2) is 5.20. The summed E-state index contributed by atoms with van der Waals surface area (Å²) in [5, 5.41) is 0.918. The molecular formula is C15H12N2OS. The molecule has 2 aromatic heterocycles. The molecule has 0 bridgehead atoms. The molecule has 3 aromatic rings. The van der Waals surface area contributed by atoms with Crippen LogP contribution in [-0.4, -0.2) is 17.1 Å². The summed E-state index contributed by atoms with van der Waals surface area (Å²) >= 11 is 1.61. The number of pyridine rings is 1. The molecule has 3 rings (SSSR count). The first-order valence-corrected chi connectivity index (χ1v) is 6.71. The summed E-state index contributed by atoms with van der Waals surface area (Å²) in [5.41, 5.74) is 1.96. The number of thiazole rings is 1. The van der Waals surface area contributed by atoms with Gasteiger partial charge in [-0.2, -0.15) is 0 Å². The van der Waals surface area contributed by atoms with Gasteiger partial charge in [0.15, 0.2) is 0 Å². The van der Waals surface area contributed by atoms with E-state index in [-0.39, 0.29) is 0 Å². The lowest BCUT2D eigenvalue weighted by atomic mass is 10.2. The summed E-state index contributed by atoms with van der Waals surface area (Å²) in [6, 6.07) is 13.8. The third-order valence-electron chi connectivity index (χ3n) is 2.76. The number of hydrogen-bond donors (Lipinski definition) is 0. The zero-order chi connectivity index (χ0) is 13.1. The van der Waals surface area contributed by atoms with Gasteiger partial charge >= 0.3 is 0 Å². The second-order valence-electron chi connectivity index (χ2n) is 3.94. The summed E-state index contributed by atoms with van der Waals surface area (Å²) in [6.07, 6.45) is 3.64. The predicted molar refractivity (Wildman–Crippen MR) is 77.3 cm³/mol. The van der Waals surface area contributed by atoms with Crippen molar-refractivity contribution < 1.29 is 4.74 Å². The molecule has 0 aliphatic heterocycles. The minimum absolute atomic E-state index is 0.860. The number of methoxy groups -OCH3 is 1. The zero-order valence-corrected chi connectivity index (χ0v) is 11.2. The molecule has 2 heterocycles. The average molecular weight is 268 g/mol. The van der Waals surface area contributed by atoms with Crippen LogP contribution in [0.15, 0.2) is 54.9 Å². The number of benzene rings is 1. The first kappa shape index (κ1) is 11.9. The molecule has 19 heavy (non-hydrogen) atoms.